The average Bonchev–Trinajstić information content (AvgIpc) is 3.31. The zero-order valence-electron chi connectivity index (χ0n) is 18.4. The second-order valence-corrected chi connectivity index (χ2v) is 8.64. The number of rotatable bonds is 5. The van der Waals surface area contributed by atoms with E-state index in [2.05, 4.69) is 50.7 Å². The number of hydrogen-bond donors (Lipinski definition) is 1. The van der Waals surface area contributed by atoms with E-state index in [1.54, 1.807) is 18.3 Å². The molecule has 0 aliphatic carbocycles. The van der Waals surface area contributed by atoms with Crippen LogP contribution < -0.4 is 5.32 Å². The Morgan fingerprint density at radius 2 is 1.85 bits per heavy atom. The second-order valence-electron chi connectivity index (χ2n) is 8.25. The maximum atomic E-state index is 13.5. The van der Waals surface area contributed by atoms with Crippen LogP contribution in [0.2, 0.25) is 0 Å². The number of thiocarbonyl (C=S) groups is 1. The minimum absolute atomic E-state index is 0.0620. The van der Waals surface area contributed by atoms with Crippen LogP contribution in [-0.4, -0.2) is 24.5 Å². The van der Waals surface area contributed by atoms with Crippen molar-refractivity contribution in [2.45, 2.75) is 32.5 Å². The molecular formula is C26H24FN5S. The summed E-state index contributed by atoms with van der Waals surface area (Å²) in [6, 6.07) is 18.6. The lowest BCUT2D eigenvalue weighted by Gasteiger charge is -2.28. The summed E-state index contributed by atoms with van der Waals surface area (Å²) in [6.07, 6.45) is 5.45. The second kappa shape index (κ2) is 8.75. The molecule has 166 valence electrons. The number of nitrogens with zero attached hydrogens (tertiary/aromatic N) is 4. The van der Waals surface area contributed by atoms with E-state index in [9.17, 15) is 4.39 Å². The van der Waals surface area contributed by atoms with E-state index < -0.39 is 0 Å². The first kappa shape index (κ1) is 21.3. The molecule has 0 radical (unpaired) electrons. The number of aryl methyl sites for hydroxylation is 1. The molecular weight excluding hydrogens is 433 g/mol. The lowest BCUT2D eigenvalue weighted by atomic mass is 9.96. The van der Waals surface area contributed by atoms with Crippen molar-refractivity contribution in [3.05, 3.63) is 113 Å². The van der Waals surface area contributed by atoms with Gasteiger partial charge in [0.2, 0.25) is 0 Å². The predicted octanol–water partition coefficient (Wildman–Crippen LogP) is 5.20. The molecule has 1 saturated heterocycles. The Labute approximate surface area is 197 Å². The Kier molecular flexibility index (Phi) is 5.64. The molecule has 0 saturated carbocycles. The maximum Gasteiger partial charge on any atom is 0.170 e. The summed E-state index contributed by atoms with van der Waals surface area (Å²) in [4.78, 5) is 11.1. The highest BCUT2D eigenvalue weighted by atomic mass is 32.1. The molecule has 0 unspecified atom stereocenters. The van der Waals surface area contributed by atoms with Crippen molar-refractivity contribution in [2.24, 2.45) is 0 Å². The molecule has 1 N–H and O–H groups in total. The monoisotopic (exact) mass is 457 g/mol. The van der Waals surface area contributed by atoms with Crippen LogP contribution in [0.1, 0.15) is 40.3 Å². The molecule has 1 aromatic carbocycles. The first-order valence-corrected chi connectivity index (χ1v) is 11.3. The van der Waals surface area contributed by atoms with Crippen molar-refractivity contribution in [2.75, 3.05) is 0 Å². The smallest absolute Gasteiger partial charge is 0.170 e. The summed E-state index contributed by atoms with van der Waals surface area (Å²) in [5, 5.41) is 4.19. The molecule has 0 amide bonds. The molecule has 2 atom stereocenters. The van der Waals surface area contributed by atoms with Crippen LogP contribution in [0.3, 0.4) is 0 Å². The standard InChI is InChI=1S/C26H24FN5S/c1-17-14-22(18(2)32(17)21-10-8-20(27)9-11-21)25-24(23-7-3-4-13-29-23)30-26(33)31(25)16-19-6-5-12-28-15-19/h3-15,24-25H,16H2,1-2H3,(H,30,33)/t24-,25-/m1/s1. The van der Waals surface area contributed by atoms with Crippen molar-refractivity contribution in [1.29, 1.82) is 0 Å². The molecule has 5 nitrogen and oxygen atoms in total. The van der Waals surface area contributed by atoms with Crippen molar-refractivity contribution in [3.63, 3.8) is 0 Å². The summed E-state index contributed by atoms with van der Waals surface area (Å²) in [5.41, 5.74) is 6.27. The van der Waals surface area contributed by atoms with Gasteiger partial charge < -0.3 is 14.8 Å². The van der Waals surface area contributed by atoms with Gasteiger partial charge in [-0.3, -0.25) is 9.97 Å². The Morgan fingerprint density at radius 1 is 1.03 bits per heavy atom. The van der Waals surface area contributed by atoms with Crippen LogP contribution in [0, 0.1) is 19.7 Å². The number of aromatic nitrogens is 3. The first-order chi connectivity index (χ1) is 16.0. The Morgan fingerprint density at radius 3 is 2.55 bits per heavy atom. The third kappa shape index (κ3) is 4.00. The molecule has 0 spiro atoms. The lowest BCUT2D eigenvalue weighted by molar-refractivity contribution is 0.310. The fraction of sp³-hybridized carbons (Fsp3) is 0.192. The Balaban J connectivity index is 1.61. The third-order valence-electron chi connectivity index (χ3n) is 6.15. The number of nitrogens with one attached hydrogen (secondary N) is 1. The summed E-state index contributed by atoms with van der Waals surface area (Å²) >= 11 is 5.80. The fourth-order valence-electron chi connectivity index (χ4n) is 4.68. The van der Waals surface area contributed by atoms with E-state index in [-0.39, 0.29) is 17.9 Å². The van der Waals surface area contributed by atoms with Gasteiger partial charge in [-0.05, 0) is 85.7 Å². The summed E-state index contributed by atoms with van der Waals surface area (Å²) < 4.78 is 15.7. The zero-order chi connectivity index (χ0) is 22.9. The largest absolute Gasteiger partial charge is 0.352 e. The molecule has 33 heavy (non-hydrogen) atoms. The molecule has 0 bridgehead atoms. The van der Waals surface area contributed by atoms with Gasteiger partial charge in [-0.25, -0.2) is 4.39 Å². The Hall–Kier alpha value is -3.58. The van der Waals surface area contributed by atoms with Gasteiger partial charge in [0.05, 0.1) is 17.8 Å². The third-order valence-corrected chi connectivity index (χ3v) is 6.50. The maximum absolute atomic E-state index is 13.5. The van der Waals surface area contributed by atoms with Gasteiger partial charge in [0.25, 0.3) is 0 Å². The minimum Gasteiger partial charge on any atom is -0.352 e. The summed E-state index contributed by atoms with van der Waals surface area (Å²) in [6.45, 7) is 4.81. The average molecular weight is 458 g/mol. The van der Waals surface area contributed by atoms with E-state index >= 15 is 0 Å². The van der Waals surface area contributed by atoms with Crippen LogP contribution in [0.4, 0.5) is 4.39 Å². The van der Waals surface area contributed by atoms with Crippen LogP contribution in [0.25, 0.3) is 5.69 Å². The number of benzene rings is 1. The van der Waals surface area contributed by atoms with Gasteiger partial charge in [-0.15, -0.1) is 0 Å². The van der Waals surface area contributed by atoms with Gasteiger partial charge in [-0.2, -0.15) is 0 Å². The highest BCUT2D eigenvalue weighted by Gasteiger charge is 2.41. The van der Waals surface area contributed by atoms with Crippen LogP contribution in [-0.2, 0) is 6.54 Å². The summed E-state index contributed by atoms with van der Waals surface area (Å²) in [7, 11) is 0. The Bertz CT molecular complexity index is 1270. The van der Waals surface area contributed by atoms with Gasteiger partial charge in [0.1, 0.15) is 5.82 Å². The molecule has 4 heterocycles. The van der Waals surface area contributed by atoms with E-state index in [0.29, 0.717) is 11.7 Å². The van der Waals surface area contributed by atoms with Crippen LogP contribution in [0.5, 0.6) is 0 Å². The zero-order valence-corrected chi connectivity index (χ0v) is 19.3. The van der Waals surface area contributed by atoms with E-state index in [1.165, 1.54) is 12.1 Å². The highest BCUT2D eigenvalue weighted by molar-refractivity contribution is 7.80. The summed E-state index contributed by atoms with van der Waals surface area (Å²) in [5.74, 6) is -0.246. The van der Waals surface area contributed by atoms with Gasteiger partial charge in [-0.1, -0.05) is 12.1 Å². The molecule has 1 fully saturated rings. The van der Waals surface area contributed by atoms with Crippen molar-refractivity contribution < 1.29 is 4.39 Å². The van der Waals surface area contributed by atoms with Crippen molar-refractivity contribution in [3.8, 4) is 5.69 Å². The number of halogens is 1. The van der Waals surface area contributed by atoms with E-state index in [1.807, 2.05) is 36.7 Å². The normalized spacial score (nSPS) is 17.9. The van der Waals surface area contributed by atoms with Crippen molar-refractivity contribution in [1.82, 2.24) is 24.8 Å². The number of hydrogen-bond acceptors (Lipinski definition) is 3. The van der Waals surface area contributed by atoms with Gasteiger partial charge in [0.15, 0.2) is 5.11 Å². The molecule has 1 aliphatic heterocycles. The first-order valence-electron chi connectivity index (χ1n) is 10.8. The van der Waals surface area contributed by atoms with E-state index in [0.717, 1.165) is 33.9 Å². The van der Waals surface area contributed by atoms with Crippen LogP contribution >= 0.6 is 12.2 Å². The predicted molar refractivity (Wildman–Crippen MR) is 130 cm³/mol. The van der Waals surface area contributed by atoms with Gasteiger partial charge in [0, 0.05) is 42.2 Å². The molecule has 5 rings (SSSR count). The lowest BCUT2D eigenvalue weighted by Crippen LogP contribution is -2.29. The van der Waals surface area contributed by atoms with Crippen LogP contribution in [0.15, 0.2) is 79.3 Å². The SMILES string of the molecule is Cc1cc([C@@H]2[C@@H](c3ccccn3)NC(=S)N2Cc2cccnc2)c(C)n1-c1ccc(F)cc1. The molecule has 4 aromatic rings. The van der Waals surface area contributed by atoms with Crippen molar-refractivity contribution >= 4 is 17.3 Å². The van der Waals surface area contributed by atoms with Gasteiger partial charge >= 0.3 is 0 Å². The van der Waals surface area contributed by atoms with E-state index in [4.69, 9.17) is 12.2 Å². The molecule has 3 aromatic heterocycles. The fourth-order valence-corrected chi connectivity index (χ4v) is 4.98. The molecule has 1 aliphatic rings. The quantitative estimate of drug-likeness (QED) is 0.418. The number of pyridine rings is 2. The molecule has 7 heteroatoms. The highest BCUT2D eigenvalue weighted by Crippen LogP contribution is 2.42. The minimum atomic E-state index is -0.246. The topological polar surface area (TPSA) is 46.0 Å².